The van der Waals surface area contributed by atoms with Crippen molar-refractivity contribution in [2.75, 3.05) is 18.8 Å². The number of benzene rings is 1. The number of nitrogens with two attached hydrogens (primary N) is 1. The largest absolute Gasteiger partial charge is 0.398 e. The van der Waals surface area contributed by atoms with Crippen LogP contribution in [0.3, 0.4) is 0 Å². The highest BCUT2D eigenvalue weighted by atomic mass is 35.5. The lowest BCUT2D eigenvalue weighted by Crippen LogP contribution is -2.36. The van der Waals surface area contributed by atoms with Crippen LogP contribution in [-0.2, 0) is 6.54 Å². The van der Waals surface area contributed by atoms with E-state index in [-0.39, 0.29) is 0 Å². The maximum absolute atomic E-state index is 5.98. The minimum absolute atomic E-state index is 0.502. The molecule has 1 heterocycles. The Hall–Kier alpha value is -0.730. The maximum atomic E-state index is 5.98. The molecule has 1 aliphatic rings. The molecule has 0 saturated carbocycles. The minimum Gasteiger partial charge on any atom is -0.398 e. The molecule has 0 radical (unpaired) electrons. The van der Waals surface area contributed by atoms with Gasteiger partial charge in [0.1, 0.15) is 0 Å². The second-order valence-corrected chi connectivity index (χ2v) is 6.22. The molecule has 0 unspecified atom stereocenters. The van der Waals surface area contributed by atoms with E-state index in [9.17, 15) is 0 Å². The van der Waals surface area contributed by atoms with Crippen LogP contribution in [0.4, 0.5) is 5.69 Å². The monoisotopic (exact) mass is 252 g/mol. The zero-order valence-electron chi connectivity index (χ0n) is 10.7. The minimum atomic E-state index is 0.502. The summed E-state index contributed by atoms with van der Waals surface area (Å²) >= 11 is 5.90. The molecule has 1 aromatic rings. The van der Waals surface area contributed by atoms with Gasteiger partial charge < -0.3 is 5.73 Å². The summed E-state index contributed by atoms with van der Waals surface area (Å²) in [6.45, 7) is 7.96. The molecule has 1 fully saturated rings. The van der Waals surface area contributed by atoms with Crippen molar-refractivity contribution < 1.29 is 0 Å². The van der Waals surface area contributed by atoms with Crippen molar-refractivity contribution >= 4 is 17.3 Å². The normalized spacial score (nSPS) is 20.4. The number of hydrogen-bond acceptors (Lipinski definition) is 2. The fourth-order valence-electron chi connectivity index (χ4n) is 2.27. The Morgan fingerprint density at radius 1 is 1.29 bits per heavy atom. The van der Waals surface area contributed by atoms with Crippen LogP contribution >= 0.6 is 11.6 Å². The SMILES string of the molecule is CC1(C)CCN(Cc2ccc(Cl)cc2N)CC1. The molecule has 1 saturated heterocycles. The van der Waals surface area contributed by atoms with Crippen LogP contribution in [0.5, 0.6) is 0 Å². The van der Waals surface area contributed by atoms with Crippen LogP contribution in [0.2, 0.25) is 5.02 Å². The lowest BCUT2D eigenvalue weighted by molar-refractivity contribution is 0.127. The zero-order valence-corrected chi connectivity index (χ0v) is 11.4. The third-order valence-corrected chi connectivity index (χ3v) is 3.95. The molecule has 0 amide bonds. The summed E-state index contributed by atoms with van der Waals surface area (Å²) in [5.41, 5.74) is 8.48. The van der Waals surface area contributed by atoms with Crippen LogP contribution in [-0.4, -0.2) is 18.0 Å². The highest BCUT2D eigenvalue weighted by Crippen LogP contribution is 2.31. The number of piperidine rings is 1. The predicted octanol–water partition coefficient (Wildman–Crippen LogP) is 3.54. The van der Waals surface area contributed by atoms with Crippen LogP contribution in [0.1, 0.15) is 32.3 Å². The zero-order chi connectivity index (χ0) is 12.5. The van der Waals surface area contributed by atoms with Gasteiger partial charge in [-0.05, 0) is 49.0 Å². The van der Waals surface area contributed by atoms with E-state index in [2.05, 4.69) is 18.7 Å². The third-order valence-electron chi connectivity index (χ3n) is 3.71. The summed E-state index contributed by atoms with van der Waals surface area (Å²) in [4.78, 5) is 2.48. The van der Waals surface area contributed by atoms with Crippen molar-refractivity contribution in [3.05, 3.63) is 28.8 Å². The van der Waals surface area contributed by atoms with Gasteiger partial charge in [0.15, 0.2) is 0 Å². The van der Waals surface area contributed by atoms with Gasteiger partial charge in [0.25, 0.3) is 0 Å². The third kappa shape index (κ3) is 3.36. The van der Waals surface area contributed by atoms with E-state index in [4.69, 9.17) is 17.3 Å². The first-order valence-electron chi connectivity index (χ1n) is 6.23. The van der Waals surface area contributed by atoms with E-state index in [0.29, 0.717) is 10.4 Å². The predicted molar refractivity (Wildman–Crippen MR) is 74.2 cm³/mol. The van der Waals surface area contributed by atoms with Gasteiger partial charge in [-0.2, -0.15) is 0 Å². The van der Waals surface area contributed by atoms with E-state index in [1.54, 1.807) is 0 Å². The number of nitrogen functional groups attached to an aromatic ring is 1. The molecular formula is C14H21ClN2. The van der Waals surface area contributed by atoms with Crippen LogP contribution < -0.4 is 5.73 Å². The van der Waals surface area contributed by atoms with Gasteiger partial charge in [-0.3, -0.25) is 4.90 Å². The number of halogens is 1. The maximum Gasteiger partial charge on any atom is 0.0426 e. The molecular weight excluding hydrogens is 232 g/mol. The number of nitrogens with zero attached hydrogens (tertiary/aromatic N) is 1. The van der Waals surface area contributed by atoms with Gasteiger partial charge >= 0.3 is 0 Å². The highest BCUT2D eigenvalue weighted by molar-refractivity contribution is 6.30. The first-order chi connectivity index (χ1) is 7.96. The molecule has 94 valence electrons. The lowest BCUT2D eigenvalue weighted by atomic mass is 9.82. The Morgan fingerprint density at radius 3 is 2.53 bits per heavy atom. The van der Waals surface area contributed by atoms with Crippen LogP contribution in [0.25, 0.3) is 0 Å². The Bertz CT molecular complexity index is 391. The van der Waals surface area contributed by atoms with E-state index in [0.717, 1.165) is 25.3 Å². The van der Waals surface area contributed by atoms with E-state index in [1.807, 2.05) is 18.2 Å². The van der Waals surface area contributed by atoms with Crippen LogP contribution in [0.15, 0.2) is 18.2 Å². The summed E-state index contributed by atoms with van der Waals surface area (Å²) < 4.78 is 0. The molecule has 17 heavy (non-hydrogen) atoms. The van der Waals surface area contributed by atoms with Crippen molar-refractivity contribution in [3.8, 4) is 0 Å². The van der Waals surface area contributed by atoms with Gasteiger partial charge in [-0.25, -0.2) is 0 Å². The molecule has 0 spiro atoms. The fraction of sp³-hybridized carbons (Fsp3) is 0.571. The van der Waals surface area contributed by atoms with Crippen molar-refractivity contribution in [1.29, 1.82) is 0 Å². The molecule has 0 aromatic heterocycles. The summed E-state index contributed by atoms with van der Waals surface area (Å²) in [6.07, 6.45) is 2.53. The molecule has 2 rings (SSSR count). The summed E-state index contributed by atoms with van der Waals surface area (Å²) in [6, 6.07) is 5.79. The quantitative estimate of drug-likeness (QED) is 0.816. The van der Waals surface area contributed by atoms with Gasteiger partial charge in [-0.15, -0.1) is 0 Å². The first kappa shape index (κ1) is 12.7. The topological polar surface area (TPSA) is 29.3 Å². The summed E-state index contributed by atoms with van der Waals surface area (Å²) in [5, 5.41) is 0.714. The second kappa shape index (κ2) is 4.87. The molecule has 3 heteroatoms. The molecule has 0 atom stereocenters. The number of rotatable bonds is 2. The highest BCUT2D eigenvalue weighted by Gasteiger charge is 2.25. The molecule has 2 N–H and O–H groups in total. The molecule has 1 aliphatic heterocycles. The fourth-order valence-corrected chi connectivity index (χ4v) is 2.45. The smallest absolute Gasteiger partial charge is 0.0426 e. The number of hydrogen-bond donors (Lipinski definition) is 1. The second-order valence-electron chi connectivity index (χ2n) is 5.78. The van der Waals surface area contributed by atoms with Crippen molar-refractivity contribution in [2.45, 2.75) is 33.2 Å². The molecule has 0 bridgehead atoms. The first-order valence-corrected chi connectivity index (χ1v) is 6.60. The van der Waals surface area contributed by atoms with Crippen molar-refractivity contribution in [1.82, 2.24) is 4.90 Å². The number of likely N-dealkylation sites (tertiary alicyclic amines) is 1. The van der Waals surface area contributed by atoms with Gasteiger partial charge in [0.2, 0.25) is 0 Å². The van der Waals surface area contributed by atoms with Crippen LogP contribution in [0, 0.1) is 5.41 Å². The Kier molecular flexibility index (Phi) is 3.64. The van der Waals surface area contributed by atoms with E-state index < -0.39 is 0 Å². The molecule has 2 nitrogen and oxygen atoms in total. The standard InChI is InChI=1S/C14H21ClN2/c1-14(2)5-7-17(8-6-14)10-11-3-4-12(15)9-13(11)16/h3-4,9H,5-8,10,16H2,1-2H3. The molecule has 0 aliphatic carbocycles. The average molecular weight is 253 g/mol. The van der Waals surface area contributed by atoms with Gasteiger partial charge in [0, 0.05) is 17.3 Å². The van der Waals surface area contributed by atoms with Crippen molar-refractivity contribution in [3.63, 3.8) is 0 Å². The molecule has 1 aromatic carbocycles. The Morgan fingerprint density at radius 2 is 1.94 bits per heavy atom. The summed E-state index contributed by atoms with van der Waals surface area (Å²) in [7, 11) is 0. The average Bonchev–Trinajstić information content (AvgIpc) is 2.25. The van der Waals surface area contributed by atoms with E-state index >= 15 is 0 Å². The summed E-state index contributed by atoms with van der Waals surface area (Å²) in [5.74, 6) is 0. The van der Waals surface area contributed by atoms with Gasteiger partial charge in [-0.1, -0.05) is 31.5 Å². The number of anilines is 1. The van der Waals surface area contributed by atoms with E-state index in [1.165, 1.54) is 18.4 Å². The van der Waals surface area contributed by atoms with Gasteiger partial charge in [0.05, 0.1) is 0 Å². The van der Waals surface area contributed by atoms with Crippen molar-refractivity contribution in [2.24, 2.45) is 5.41 Å². The lowest BCUT2D eigenvalue weighted by Gasteiger charge is -2.37. The Labute approximate surface area is 109 Å². The Balaban J connectivity index is 1.98.